The van der Waals surface area contributed by atoms with Gasteiger partial charge in [-0.25, -0.2) is 4.98 Å². The molecule has 2 N–H and O–H groups in total. The van der Waals surface area contributed by atoms with E-state index >= 15 is 0 Å². The van der Waals surface area contributed by atoms with Crippen LogP contribution < -0.4 is 5.73 Å². The van der Waals surface area contributed by atoms with Gasteiger partial charge in [0.2, 0.25) is 0 Å². The van der Waals surface area contributed by atoms with Crippen LogP contribution in [-0.2, 0) is 6.54 Å². The first-order valence-corrected chi connectivity index (χ1v) is 8.99. The predicted molar refractivity (Wildman–Crippen MR) is 94.0 cm³/mol. The van der Waals surface area contributed by atoms with Crippen LogP contribution in [0.25, 0.3) is 11.0 Å². The third kappa shape index (κ3) is 2.86. The molecular formula is C19H29N3. The van der Waals surface area contributed by atoms with Crippen LogP contribution in [0.15, 0.2) is 18.2 Å². The van der Waals surface area contributed by atoms with E-state index < -0.39 is 0 Å². The second-order valence-corrected chi connectivity index (χ2v) is 6.79. The number of benzene rings is 1. The molecule has 1 aromatic carbocycles. The Labute approximate surface area is 133 Å². The molecule has 0 spiro atoms. The quantitative estimate of drug-likeness (QED) is 0.780. The minimum absolute atomic E-state index is 0.615. The lowest BCUT2D eigenvalue weighted by molar-refractivity contribution is 0.295. The molecule has 0 atom stereocenters. The van der Waals surface area contributed by atoms with Gasteiger partial charge in [0.15, 0.2) is 0 Å². The number of para-hydroxylation sites is 1. The summed E-state index contributed by atoms with van der Waals surface area (Å²) in [5.74, 6) is 2.83. The molecule has 1 heterocycles. The number of aromatic nitrogens is 2. The number of anilines is 1. The zero-order chi connectivity index (χ0) is 15.5. The standard InChI is InChI=1S/C19H29N3/c1-3-5-7-14-10-12-15(13-11-14)19-21-18-16(20)8-6-9-17(18)22(19)4-2/h6,8-9,14-15H,3-5,7,10-13,20H2,1-2H3. The Hall–Kier alpha value is -1.51. The van der Waals surface area contributed by atoms with Gasteiger partial charge in [-0.15, -0.1) is 0 Å². The van der Waals surface area contributed by atoms with Crippen molar-refractivity contribution in [3.8, 4) is 0 Å². The molecule has 3 rings (SSSR count). The van der Waals surface area contributed by atoms with Crippen molar-refractivity contribution in [3.63, 3.8) is 0 Å². The molecule has 1 aliphatic carbocycles. The first-order chi connectivity index (χ1) is 10.7. The lowest BCUT2D eigenvalue weighted by Crippen LogP contribution is -2.16. The summed E-state index contributed by atoms with van der Waals surface area (Å²) >= 11 is 0. The van der Waals surface area contributed by atoms with Crippen molar-refractivity contribution in [2.24, 2.45) is 5.92 Å². The van der Waals surface area contributed by atoms with Gasteiger partial charge in [0, 0.05) is 12.5 Å². The zero-order valence-electron chi connectivity index (χ0n) is 14.0. The van der Waals surface area contributed by atoms with Gasteiger partial charge in [0.25, 0.3) is 0 Å². The smallest absolute Gasteiger partial charge is 0.113 e. The van der Waals surface area contributed by atoms with Crippen LogP contribution in [0.5, 0.6) is 0 Å². The maximum Gasteiger partial charge on any atom is 0.113 e. The van der Waals surface area contributed by atoms with E-state index in [1.54, 1.807) is 0 Å². The molecule has 22 heavy (non-hydrogen) atoms. The van der Waals surface area contributed by atoms with Crippen molar-refractivity contribution in [2.75, 3.05) is 5.73 Å². The Kier molecular flexibility index (Phi) is 4.70. The SMILES string of the molecule is CCCCC1CCC(c2nc3c(N)cccc3n2CC)CC1. The summed E-state index contributed by atoms with van der Waals surface area (Å²) in [5.41, 5.74) is 9.12. The number of imidazole rings is 1. The molecule has 120 valence electrons. The number of fused-ring (bicyclic) bond motifs is 1. The van der Waals surface area contributed by atoms with E-state index in [1.165, 1.54) is 56.3 Å². The number of nitrogen functional groups attached to an aromatic ring is 1. The monoisotopic (exact) mass is 299 g/mol. The first-order valence-electron chi connectivity index (χ1n) is 8.99. The largest absolute Gasteiger partial charge is 0.397 e. The van der Waals surface area contributed by atoms with E-state index in [-0.39, 0.29) is 0 Å². The van der Waals surface area contributed by atoms with Gasteiger partial charge in [0.05, 0.1) is 11.2 Å². The van der Waals surface area contributed by atoms with Crippen LogP contribution in [0, 0.1) is 5.92 Å². The fourth-order valence-corrected chi connectivity index (χ4v) is 4.03. The minimum Gasteiger partial charge on any atom is -0.397 e. The molecular weight excluding hydrogens is 270 g/mol. The molecule has 0 unspecified atom stereocenters. The summed E-state index contributed by atoms with van der Waals surface area (Å²) in [6.45, 7) is 5.48. The molecule has 0 aliphatic heterocycles. The lowest BCUT2D eigenvalue weighted by atomic mass is 9.79. The molecule has 0 amide bonds. The molecule has 1 fully saturated rings. The van der Waals surface area contributed by atoms with Gasteiger partial charge in [-0.1, -0.05) is 32.3 Å². The average Bonchev–Trinajstić information content (AvgIpc) is 2.93. The molecule has 3 heteroatoms. The Bertz CT molecular complexity index is 621. The second-order valence-electron chi connectivity index (χ2n) is 6.79. The van der Waals surface area contributed by atoms with E-state index in [1.807, 2.05) is 12.1 Å². The van der Waals surface area contributed by atoms with Crippen LogP contribution in [0.4, 0.5) is 5.69 Å². The normalized spacial score (nSPS) is 22.3. The number of aryl methyl sites for hydroxylation is 1. The van der Waals surface area contributed by atoms with Crippen molar-refractivity contribution in [3.05, 3.63) is 24.0 Å². The van der Waals surface area contributed by atoms with E-state index in [9.17, 15) is 0 Å². The maximum absolute atomic E-state index is 6.12. The van der Waals surface area contributed by atoms with Crippen molar-refractivity contribution < 1.29 is 0 Å². The minimum atomic E-state index is 0.615. The number of hydrogen-bond acceptors (Lipinski definition) is 2. The lowest BCUT2D eigenvalue weighted by Gasteiger charge is -2.28. The topological polar surface area (TPSA) is 43.8 Å². The van der Waals surface area contributed by atoms with Crippen LogP contribution >= 0.6 is 0 Å². The maximum atomic E-state index is 6.12. The van der Waals surface area contributed by atoms with E-state index in [0.717, 1.165) is 23.7 Å². The van der Waals surface area contributed by atoms with Crippen LogP contribution in [0.3, 0.4) is 0 Å². The van der Waals surface area contributed by atoms with Crippen molar-refractivity contribution >= 4 is 16.7 Å². The Balaban J connectivity index is 1.81. The Morgan fingerprint density at radius 1 is 1.18 bits per heavy atom. The Morgan fingerprint density at radius 3 is 2.64 bits per heavy atom. The highest BCUT2D eigenvalue weighted by Crippen LogP contribution is 2.38. The number of nitrogens with zero attached hydrogens (tertiary/aromatic N) is 2. The first kappa shape index (κ1) is 15.4. The highest BCUT2D eigenvalue weighted by molar-refractivity contribution is 5.87. The van der Waals surface area contributed by atoms with Gasteiger partial charge in [0.1, 0.15) is 11.3 Å². The number of rotatable bonds is 5. The molecule has 3 nitrogen and oxygen atoms in total. The highest BCUT2D eigenvalue weighted by Gasteiger charge is 2.26. The summed E-state index contributed by atoms with van der Waals surface area (Å²) in [6, 6.07) is 6.15. The van der Waals surface area contributed by atoms with Crippen LogP contribution in [-0.4, -0.2) is 9.55 Å². The molecule has 0 radical (unpaired) electrons. The molecule has 1 aromatic heterocycles. The third-order valence-electron chi connectivity index (χ3n) is 5.33. The van der Waals surface area contributed by atoms with Gasteiger partial charge in [-0.3, -0.25) is 0 Å². The van der Waals surface area contributed by atoms with Gasteiger partial charge in [-0.05, 0) is 50.7 Å². The fraction of sp³-hybridized carbons (Fsp3) is 0.632. The summed E-state index contributed by atoms with van der Waals surface area (Å²) in [7, 11) is 0. The average molecular weight is 299 g/mol. The van der Waals surface area contributed by atoms with E-state index in [2.05, 4.69) is 24.5 Å². The number of unbranched alkanes of at least 4 members (excludes halogenated alkanes) is 1. The molecule has 1 saturated carbocycles. The second kappa shape index (κ2) is 6.72. The predicted octanol–water partition coefficient (Wildman–Crippen LogP) is 5.10. The van der Waals surface area contributed by atoms with Crippen molar-refractivity contribution in [2.45, 2.75) is 71.3 Å². The summed E-state index contributed by atoms with van der Waals surface area (Å²) in [6.07, 6.45) is 9.44. The van der Waals surface area contributed by atoms with E-state index in [0.29, 0.717) is 5.92 Å². The summed E-state index contributed by atoms with van der Waals surface area (Å²) in [4.78, 5) is 4.93. The van der Waals surface area contributed by atoms with Gasteiger partial charge in [-0.2, -0.15) is 0 Å². The molecule has 2 aromatic rings. The summed E-state index contributed by atoms with van der Waals surface area (Å²) < 4.78 is 2.38. The van der Waals surface area contributed by atoms with Gasteiger partial charge < -0.3 is 10.3 Å². The summed E-state index contributed by atoms with van der Waals surface area (Å²) in [5, 5.41) is 0. The van der Waals surface area contributed by atoms with Crippen LogP contribution in [0.2, 0.25) is 0 Å². The Morgan fingerprint density at radius 2 is 1.95 bits per heavy atom. The molecule has 0 saturated heterocycles. The zero-order valence-corrected chi connectivity index (χ0v) is 14.0. The van der Waals surface area contributed by atoms with Crippen LogP contribution in [0.1, 0.15) is 70.5 Å². The fourth-order valence-electron chi connectivity index (χ4n) is 4.03. The van der Waals surface area contributed by atoms with Crippen molar-refractivity contribution in [1.29, 1.82) is 0 Å². The van der Waals surface area contributed by atoms with Gasteiger partial charge >= 0.3 is 0 Å². The number of nitrogens with two attached hydrogens (primary N) is 1. The van der Waals surface area contributed by atoms with Crippen molar-refractivity contribution in [1.82, 2.24) is 9.55 Å². The third-order valence-corrected chi connectivity index (χ3v) is 5.33. The number of hydrogen-bond donors (Lipinski definition) is 1. The highest BCUT2D eigenvalue weighted by atomic mass is 15.1. The van der Waals surface area contributed by atoms with E-state index in [4.69, 9.17) is 10.7 Å². The molecule has 1 aliphatic rings. The molecule has 0 bridgehead atoms.